The van der Waals surface area contributed by atoms with E-state index in [-0.39, 0.29) is 5.56 Å². The third kappa shape index (κ3) is 4.31. The van der Waals surface area contributed by atoms with Gasteiger partial charge in [0.2, 0.25) is 0 Å². The Balaban J connectivity index is 1.78. The number of carboxylic acids is 1. The molecule has 0 spiro atoms. The molecule has 0 fully saturated rings. The number of benzene rings is 3. The molecule has 5 rings (SSSR count). The molecule has 2 N–H and O–H groups in total. The predicted molar refractivity (Wildman–Crippen MR) is 141 cm³/mol. The van der Waals surface area contributed by atoms with Gasteiger partial charge in [0.15, 0.2) is 0 Å². The lowest BCUT2D eigenvalue weighted by Gasteiger charge is -2.18. The van der Waals surface area contributed by atoms with E-state index in [1.807, 2.05) is 56.3 Å². The average Bonchev–Trinajstić information content (AvgIpc) is 3.24. The normalized spacial score (nSPS) is 10.9. The zero-order valence-corrected chi connectivity index (χ0v) is 20.8. The molecular weight excluding hydrogens is 470 g/mol. The minimum atomic E-state index is -1.08. The molecule has 2 heterocycles. The van der Waals surface area contributed by atoms with Crippen LogP contribution in [0, 0.1) is 13.8 Å². The van der Waals surface area contributed by atoms with E-state index in [4.69, 9.17) is 14.6 Å². The number of nitrogens with zero attached hydrogens (tertiary/aromatic N) is 4. The zero-order chi connectivity index (χ0) is 26.1. The summed E-state index contributed by atoms with van der Waals surface area (Å²) in [4.78, 5) is 21.1. The van der Waals surface area contributed by atoms with E-state index in [2.05, 4.69) is 15.3 Å². The Morgan fingerprint density at radius 1 is 0.946 bits per heavy atom. The second-order valence-electron chi connectivity index (χ2n) is 8.45. The lowest BCUT2D eigenvalue weighted by Crippen LogP contribution is -2.10. The van der Waals surface area contributed by atoms with Crippen LogP contribution in [0.2, 0.25) is 0 Å². The van der Waals surface area contributed by atoms with E-state index in [0.717, 1.165) is 27.9 Å². The van der Waals surface area contributed by atoms with Crippen LogP contribution in [-0.2, 0) is 0 Å². The number of aromatic carboxylic acids is 1. The molecule has 2 aromatic heterocycles. The van der Waals surface area contributed by atoms with Crippen LogP contribution in [-0.4, -0.2) is 45.0 Å². The monoisotopic (exact) mass is 495 g/mol. The lowest BCUT2D eigenvalue weighted by atomic mass is 10.0. The topological polar surface area (TPSA) is 111 Å². The fraction of sp³-hybridized carbons (Fsp3) is 0.143. The Labute approximate surface area is 213 Å². The van der Waals surface area contributed by atoms with Gasteiger partial charge in [-0.3, -0.25) is 9.97 Å². The number of ether oxygens (including phenoxy) is 2. The van der Waals surface area contributed by atoms with Crippen molar-refractivity contribution in [3.8, 4) is 28.3 Å². The summed E-state index contributed by atoms with van der Waals surface area (Å²) in [6.45, 7) is 3.74. The summed E-state index contributed by atoms with van der Waals surface area (Å²) in [5.41, 5.74) is 5.82. The van der Waals surface area contributed by atoms with Gasteiger partial charge in [0.1, 0.15) is 23.0 Å². The van der Waals surface area contributed by atoms with Crippen LogP contribution in [0.1, 0.15) is 21.6 Å². The van der Waals surface area contributed by atoms with Gasteiger partial charge in [-0.1, -0.05) is 18.2 Å². The molecule has 0 aliphatic carbocycles. The van der Waals surface area contributed by atoms with Gasteiger partial charge < -0.3 is 19.9 Å². The van der Waals surface area contributed by atoms with Crippen molar-refractivity contribution in [3.63, 3.8) is 0 Å². The second-order valence-corrected chi connectivity index (χ2v) is 8.45. The van der Waals surface area contributed by atoms with Crippen LogP contribution >= 0.6 is 0 Å². The van der Waals surface area contributed by atoms with Crippen molar-refractivity contribution in [2.45, 2.75) is 13.8 Å². The third-order valence-corrected chi connectivity index (χ3v) is 6.15. The number of methoxy groups -OCH3 is 2. The number of fused-ring (bicyclic) bond motifs is 1. The Bertz CT molecular complexity index is 1640. The first-order valence-electron chi connectivity index (χ1n) is 11.5. The number of aryl methyl sites for hydroxylation is 2. The molecule has 0 radical (unpaired) electrons. The van der Waals surface area contributed by atoms with Gasteiger partial charge in [0.05, 0.1) is 42.2 Å². The minimum absolute atomic E-state index is 0.0811. The van der Waals surface area contributed by atoms with Crippen molar-refractivity contribution >= 4 is 28.5 Å². The highest BCUT2D eigenvalue weighted by Crippen LogP contribution is 2.40. The van der Waals surface area contributed by atoms with Crippen molar-refractivity contribution in [1.82, 2.24) is 19.7 Å². The van der Waals surface area contributed by atoms with Crippen LogP contribution < -0.4 is 14.8 Å². The number of rotatable bonds is 7. The molecule has 0 aliphatic heterocycles. The van der Waals surface area contributed by atoms with Crippen LogP contribution in [0.3, 0.4) is 0 Å². The molecule has 5 aromatic rings. The summed E-state index contributed by atoms with van der Waals surface area (Å²) in [6, 6.07) is 16.6. The Morgan fingerprint density at radius 2 is 1.70 bits per heavy atom. The molecule has 9 nitrogen and oxygen atoms in total. The molecular formula is C28H25N5O4. The maximum absolute atomic E-state index is 12.2. The van der Waals surface area contributed by atoms with Gasteiger partial charge in [-0.25, -0.2) is 9.48 Å². The molecule has 0 aliphatic rings. The summed E-state index contributed by atoms with van der Waals surface area (Å²) >= 11 is 0. The Hall–Kier alpha value is -4.92. The van der Waals surface area contributed by atoms with Gasteiger partial charge in [-0.2, -0.15) is 5.10 Å². The number of anilines is 2. The maximum atomic E-state index is 12.2. The largest absolute Gasteiger partial charge is 0.497 e. The van der Waals surface area contributed by atoms with Crippen molar-refractivity contribution in [2.75, 3.05) is 19.5 Å². The molecule has 9 heteroatoms. The lowest BCUT2D eigenvalue weighted by molar-refractivity contribution is 0.0697. The molecule has 37 heavy (non-hydrogen) atoms. The van der Waals surface area contributed by atoms with Crippen molar-refractivity contribution < 1.29 is 19.4 Å². The average molecular weight is 496 g/mol. The molecule has 0 amide bonds. The van der Waals surface area contributed by atoms with Gasteiger partial charge in [-0.05, 0) is 61.4 Å². The van der Waals surface area contributed by atoms with Gasteiger partial charge >= 0.3 is 5.97 Å². The molecule has 3 aromatic carbocycles. The van der Waals surface area contributed by atoms with Crippen LogP contribution in [0.5, 0.6) is 11.5 Å². The predicted octanol–water partition coefficient (Wildman–Crippen LogP) is 5.56. The summed E-state index contributed by atoms with van der Waals surface area (Å²) in [5.74, 6) is 0.588. The van der Waals surface area contributed by atoms with Gasteiger partial charge in [0.25, 0.3) is 0 Å². The van der Waals surface area contributed by atoms with Crippen LogP contribution in [0.15, 0.2) is 67.0 Å². The quantitative estimate of drug-likeness (QED) is 0.302. The van der Waals surface area contributed by atoms with Crippen LogP contribution in [0.25, 0.3) is 27.8 Å². The zero-order valence-electron chi connectivity index (χ0n) is 20.8. The number of carbonyl (C=O) groups is 1. The summed E-state index contributed by atoms with van der Waals surface area (Å²) in [5, 5.41) is 18.3. The van der Waals surface area contributed by atoms with E-state index in [1.165, 1.54) is 13.2 Å². The number of carboxylic acid groups (broad SMARTS) is 1. The van der Waals surface area contributed by atoms with E-state index < -0.39 is 5.97 Å². The SMILES string of the molecule is COc1cc(C)c(Nc2c(-c3ccc4nccnc4c3)c(C)nn2-c2ccccc2OC)c(C(=O)O)c1. The van der Waals surface area contributed by atoms with Crippen molar-refractivity contribution in [2.24, 2.45) is 0 Å². The van der Waals surface area contributed by atoms with Crippen molar-refractivity contribution in [3.05, 3.63) is 83.8 Å². The van der Waals surface area contributed by atoms with E-state index in [9.17, 15) is 9.90 Å². The Morgan fingerprint density at radius 3 is 2.43 bits per heavy atom. The first-order valence-corrected chi connectivity index (χ1v) is 11.5. The first-order chi connectivity index (χ1) is 17.9. The number of para-hydroxylation sites is 2. The standard InChI is InChI=1S/C28H25N5O4/c1-16-13-19(36-3)15-20(28(34)35)26(16)31-27-25(18-9-10-21-22(14-18)30-12-11-29-21)17(2)32-33(27)23-7-5-6-8-24(23)37-4/h5-15,31H,1-4H3,(H,34,35). The molecule has 0 saturated carbocycles. The number of hydrogen-bond acceptors (Lipinski definition) is 7. The summed E-state index contributed by atoms with van der Waals surface area (Å²) < 4.78 is 12.7. The number of aromatic nitrogens is 4. The molecule has 186 valence electrons. The fourth-order valence-corrected chi connectivity index (χ4v) is 4.41. The van der Waals surface area contributed by atoms with Gasteiger partial charge in [0, 0.05) is 18.0 Å². The maximum Gasteiger partial charge on any atom is 0.337 e. The molecule has 0 atom stereocenters. The summed E-state index contributed by atoms with van der Waals surface area (Å²) in [6.07, 6.45) is 3.30. The smallest absolute Gasteiger partial charge is 0.337 e. The Kier molecular flexibility index (Phi) is 6.19. The number of nitrogens with one attached hydrogen (secondary N) is 1. The molecule has 0 saturated heterocycles. The second kappa shape index (κ2) is 9.62. The highest BCUT2D eigenvalue weighted by molar-refractivity contribution is 5.98. The third-order valence-electron chi connectivity index (χ3n) is 6.15. The van der Waals surface area contributed by atoms with Crippen molar-refractivity contribution in [1.29, 1.82) is 0 Å². The van der Waals surface area contributed by atoms with Gasteiger partial charge in [-0.15, -0.1) is 0 Å². The fourth-order valence-electron chi connectivity index (χ4n) is 4.41. The molecule has 0 bridgehead atoms. The van der Waals surface area contributed by atoms with E-state index in [1.54, 1.807) is 30.3 Å². The highest BCUT2D eigenvalue weighted by atomic mass is 16.5. The van der Waals surface area contributed by atoms with Crippen LogP contribution in [0.4, 0.5) is 11.5 Å². The molecule has 0 unspecified atom stereocenters. The van der Waals surface area contributed by atoms with E-state index in [0.29, 0.717) is 34.3 Å². The summed E-state index contributed by atoms with van der Waals surface area (Å²) in [7, 11) is 3.11. The minimum Gasteiger partial charge on any atom is -0.497 e. The highest BCUT2D eigenvalue weighted by Gasteiger charge is 2.24. The first kappa shape index (κ1) is 23.8. The van der Waals surface area contributed by atoms with E-state index >= 15 is 0 Å². The number of hydrogen-bond donors (Lipinski definition) is 2.